The van der Waals surface area contributed by atoms with Crippen molar-refractivity contribution in [1.82, 2.24) is 14.7 Å². The molecule has 0 saturated carbocycles. The second-order valence-electron chi connectivity index (χ2n) is 6.12. The minimum absolute atomic E-state index is 0.139. The first kappa shape index (κ1) is 17.0. The molecule has 1 aromatic heterocycles. The molecule has 1 saturated heterocycles. The van der Waals surface area contributed by atoms with E-state index >= 15 is 0 Å². The molecule has 1 aliphatic rings. The Hall–Kier alpha value is -2.83. The van der Waals surface area contributed by atoms with Gasteiger partial charge >= 0.3 is 12.0 Å². The van der Waals surface area contributed by atoms with Gasteiger partial charge in [0.25, 0.3) is 0 Å². The molecule has 7 nitrogen and oxygen atoms in total. The first-order valence-corrected chi connectivity index (χ1v) is 8.50. The van der Waals surface area contributed by atoms with Crippen molar-refractivity contribution in [2.24, 2.45) is 0 Å². The van der Waals surface area contributed by atoms with E-state index in [1.54, 1.807) is 34.0 Å². The fourth-order valence-electron chi connectivity index (χ4n) is 3.32. The average Bonchev–Trinajstić information content (AvgIpc) is 3.09. The minimum atomic E-state index is -0.899. The Balaban J connectivity index is 1.62. The van der Waals surface area contributed by atoms with Gasteiger partial charge in [-0.3, -0.25) is 5.32 Å². The number of aromatic nitrogens is 2. The van der Waals surface area contributed by atoms with Crippen LogP contribution in [0.3, 0.4) is 0 Å². The van der Waals surface area contributed by atoms with Gasteiger partial charge in [-0.05, 0) is 37.3 Å². The second-order valence-corrected chi connectivity index (χ2v) is 6.12. The number of rotatable bonds is 4. The van der Waals surface area contributed by atoms with Gasteiger partial charge in [-0.1, -0.05) is 18.2 Å². The number of urea groups is 1. The van der Waals surface area contributed by atoms with Gasteiger partial charge in [-0.2, -0.15) is 5.10 Å². The van der Waals surface area contributed by atoms with Crippen molar-refractivity contribution in [3.8, 4) is 0 Å². The Morgan fingerprint density at radius 2 is 1.96 bits per heavy atom. The summed E-state index contributed by atoms with van der Waals surface area (Å²) in [4.78, 5) is 25.6. The molecular weight excluding hydrogens is 320 g/mol. The zero-order valence-electron chi connectivity index (χ0n) is 14.2. The molecule has 0 radical (unpaired) electrons. The number of carboxylic acids is 1. The van der Waals surface area contributed by atoms with Crippen molar-refractivity contribution < 1.29 is 14.7 Å². The molecule has 1 aliphatic heterocycles. The van der Waals surface area contributed by atoms with Gasteiger partial charge in [0, 0.05) is 25.7 Å². The van der Waals surface area contributed by atoms with Crippen LogP contribution in [0.2, 0.25) is 0 Å². The van der Waals surface area contributed by atoms with Crippen LogP contribution in [0.25, 0.3) is 0 Å². The maximum atomic E-state index is 12.4. The van der Waals surface area contributed by atoms with E-state index in [-0.39, 0.29) is 11.9 Å². The Bertz CT molecular complexity index is 763. The van der Waals surface area contributed by atoms with Crippen LogP contribution in [0.5, 0.6) is 0 Å². The lowest BCUT2D eigenvalue weighted by atomic mass is 9.86. The third-order valence-electron chi connectivity index (χ3n) is 4.66. The van der Waals surface area contributed by atoms with Crippen molar-refractivity contribution in [3.63, 3.8) is 0 Å². The molecule has 25 heavy (non-hydrogen) atoms. The number of likely N-dealkylation sites (tertiary alicyclic amines) is 1. The summed E-state index contributed by atoms with van der Waals surface area (Å²) in [5.41, 5.74) is 1.22. The number of aryl methyl sites for hydroxylation is 1. The molecule has 2 amide bonds. The Labute approximate surface area is 146 Å². The first-order chi connectivity index (χ1) is 12.1. The number of carboxylic acid groups (broad SMARTS) is 1. The maximum Gasteiger partial charge on any atom is 0.335 e. The number of aromatic carboxylic acids is 1. The molecular formula is C18H22N4O3. The normalized spacial score (nSPS) is 15.2. The highest BCUT2D eigenvalue weighted by molar-refractivity contribution is 5.90. The van der Waals surface area contributed by atoms with E-state index in [0.29, 0.717) is 31.0 Å². The van der Waals surface area contributed by atoms with E-state index in [1.165, 1.54) is 0 Å². The number of piperidine rings is 1. The van der Waals surface area contributed by atoms with Crippen LogP contribution < -0.4 is 5.32 Å². The van der Waals surface area contributed by atoms with E-state index in [1.807, 2.05) is 19.1 Å². The zero-order chi connectivity index (χ0) is 17.8. The number of nitrogens with one attached hydrogen (secondary N) is 1. The van der Waals surface area contributed by atoms with Crippen LogP contribution in [-0.4, -0.2) is 44.9 Å². The molecule has 0 atom stereocenters. The Morgan fingerprint density at radius 1 is 1.24 bits per heavy atom. The third kappa shape index (κ3) is 3.65. The van der Waals surface area contributed by atoms with Crippen molar-refractivity contribution in [3.05, 3.63) is 47.7 Å². The Kier molecular flexibility index (Phi) is 5.02. The molecule has 1 aromatic carbocycles. The van der Waals surface area contributed by atoms with Gasteiger partial charge in [0.2, 0.25) is 0 Å². The van der Waals surface area contributed by atoms with E-state index < -0.39 is 5.97 Å². The van der Waals surface area contributed by atoms with Crippen LogP contribution in [0.15, 0.2) is 36.5 Å². The summed E-state index contributed by atoms with van der Waals surface area (Å²) in [6.07, 6.45) is 3.17. The largest absolute Gasteiger partial charge is 0.478 e. The van der Waals surface area contributed by atoms with Crippen LogP contribution in [-0.2, 0) is 6.54 Å². The SMILES string of the molecule is CCn1nccc1NC(=O)N1CCC(c2ccccc2C(=O)O)CC1. The third-order valence-corrected chi connectivity index (χ3v) is 4.66. The van der Waals surface area contributed by atoms with Gasteiger partial charge < -0.3 is 10.0 Å². The van der Waals surface area contributed by atoms with E-state index in [0.717, 1.165) is 18.4 Å². The number of amides is 2. The van der Waals surface area contributed by atoms with Gasteiger partial charge in [0.15, 0.2) is 0 Å². The van der Waals surface area contributed by atoms with E-state index in [9.17, 15) is 14.7 Å². The van der Waals surface area contributed by atoms with Gasteiger partial charge in [-0.25, -0.2) is 14.3 Å². The summed E-state index contributed by atoms with van der Waals surface area (Å²) >= 11 is 0. The summed E-state index contributed by atoms with van der Waals surface area (Å²) in [6.45, 7) is 3.86. The first-order valence-electron chi connectivity index (χ1n) is 8.50. The number of carbonyl (C=O) groups is 2. The summed E-state index contributed by atoms with van der Waals surface area (Å²) in [5, 5.41) is 16.4. The molecule has 132 valence electrons. The smallest absolute Gasteiger partial charge is 0.335 e. The van der Waals surface area contributed by atoms with Crippen molar-refractivity contribution in [2.45, 2.75) is 32.2 Å². The van der Waals surface area contributed by atoms with E-state index in [4.69, 9.17) is 0 Å². The molecule has 1 fully saturated rings. The second kappa shape index (κ2) is 7.38. The molecule has 7 heteroatoms. The lowest BCUT2D eigenvalue weighted by molar-refractivity contribution is 0.0694. The predicted octanol–water partition coefficient (Wildman–Crippen LogP) is 3.01. The number of hydrogen-bond donors (Lipinski definition) is 2. The minimum Gasteiger partial charge on any atom is -0.478 e. The monoisotopic (exact) mass is 342 g/mol. The van der Waals surface area contributed by atoms with E-state index in [2.05, 4.69) is 10.4 Å². The van der Waals surface area contributed by atoms with Crippen molar-refractivity contribution in [2.75, 3.05) is 18.4 Å². The van der Waals surface area contributed by atoms with Gasteiger partial charge in [0.05, 0.1) is 11.8 Å². The number of benzene rings is 1. The fourth-order valence-corrected chi connectivity index (χ4v) is 3.32. The topological polar surface area (TPSA) is 87.5 Å². The summed E-state index contributed by atoms with van der Waals surface area (Å²) in [6, 6.07) is 8.77. The van der Waals surface area contributed by atoms with Gasteiger partial charge in [-0.15, -0.1) is 0 Å². The molecule has 3 rings (SSSR count). The van der Waals surface area contributed by atoms with Crippen LogP contribution in [0, 0.1) is 0 Å². The zero-order valence-corrected chi connectivity index (χ0v) is 14.2. The van der Waals surface area contributed by atoms with Crippen molar-refractivity contribution >= 4 is 17.8 Å². The molecule has 0 bridgehead atoms. The number of hydrogen-bond acceptors (Lipinski definition) is 3. The summed E-state index contributed by atoms with van der Waals surface area (Å²) < 4.78 is 1.73. The predicted molar refractivity (Wildman–Crippen MR) is 93.9 cm³/mol. The summed E-state index contributed by atoms with van der Waals surface area (Å²) in [5.74, 6) is -0.0491. The summed E-state index contributed by atoms with van der Waals surface area (Å²) in [7, 11) is 0. The average molecular weight is 342 g/mol. The highest BCUT2D eigenvalue weighted by Gasteiger charge is 2.26. The van der Waals surface area contributed by atoms with Crippen molar-refractivity contribution in [1.29, 1.82) is 0 Å². The van der Waals surface area contributed by atoms with Crippen LogP contribution >= 0.6 is 0 Å². The Morgan fingerprint density at radius 3 is 2.64 bits per heavy atom. The maximum absolute atomic E-state index is 12.4. The molecule has 0 spiro atoms. The van der Waals surface area contributed by atoms with Crippen LogP contribution in [0.1, 0.15) is 41.6 Å². The molecule has 2 heterocycles. The van der Waals surface area contributed by atoms with Crippen LogP contribution in [0.4, 0.5) is 10.6 Å². The molecule has 2 aromatic rings. The highest BCUT2D eigenvalue weighted by atomic mass is 16.4. The standard InChI is InChI=1S/C18H22N4O3/c1-2-22-16(7-10-19-22)20-18(25)21-11-8-13(9-12-21)14-5-3-4-6-15(14)17(23)24/h3-7,10,13H,2,8-9,11-12H2,1H3,(H,20,25)(H,23,24). The fraction of sp³-hybridized carbons (Fsp3) is 0.389. The number of carbonyl (C=O) groups excluding carboxylic acids is 1. The lowest BCUT2D eigenvalue weighted by Gasteiger charge is -2.32. The molecule has 2 N–H and O–H groups in total. The highest BCUT2D eigenvalue weighted by Crippen LogP contribution is 2.30. The molecule has 0 unspecified atom stereocenters. The quantitative estimate of drug-likeness (QED) is 0.894. The lowest BCUT2D eigenvalue weighted by Crippen LogP contribution is -2.41. The molecule has 0 aliphatic carbocycles. The van der Waals surface area contributed by atoms with Gasteiger partial charge in [0.1, 0.15) is 5.82 Å². The number of nitrogens with zero attached hydrogens (tertiary/aromatic N) is 3. The number of anilines is 1.